The Morgan fingerprint density at radius 1 is 0.353 bits per heavy atom. The number of esters is 2. The molecule has 0 aliphatic rings. The second-order valence-electron chi connectivity index (χ2n) is 26.6. The van der Waals surface area contributed by atoms with Crippen LogP contribution in [0.4, 0.5) is 0 Å². The van der Waals surface area contributed by atoms with Crippen LogP contribution in [-0.2, 0) is 33.3 Å². The highest BCUT2D eigenvalue weighted by Gasteiger charge is 2.22. The Balaban J connectivity index is 4.02. The number of likely N-dealkylation sites (N-methyl/N-ethyl adjacent to an activating group) is 1. The van der Waals surface area contributed by atoms with Crippen molar-refractivity contribution in [2.45, 2.75) is 386 Å². The van der Waals surface area contributed by atoms with Crippen LogP contribution in [0.2, 0.25) is 0 Å². The van der Waals surface area contributed by atoms with Gasteiger partial charge < -0.3 is 33.3 Å². The summed E-state index contributed by atoms with van der Waals surface area (Å²) in [5.41, 5.74) is 0. The standard InChI is InChI=1S/C76H143NO8/c1-6-8-10-12-14-16-18-20-22-24-26-28-30-32-34-35-36-37-38-39-41-42-44-46-48-50-52-54-56-58-60-62-64-66-73(78)83-70-72(71-84-76(75(80)81)82-69-68-77(3,4)5)85-74(79)67-65-63-61-59-57-55-53-51-49-47-45-43-40-33-31-29-27-25-23-21-19-17-15-13-11-9-7-2/h19,21,24-27,72,76H,6-18,20,22-23,28-71H2,1-5H3/b21-19-,26-24-,27-25-. The molecular formula is C76H143NO8. The molecule has 0 heterocycles. The van der Waals surface area contributed by atoms with E-state index in [1.807, 2.05) is 21.1 Å². The van der Waals surface area contributed by atoms with E-state index in [0.29, 0.717) is 23.9 Å². The molecule has 0 amide bonds. The number of carboxylic acid groups (broad SMARTS) is 1. The molecule has 0 N–H and O–H groups in total. The lowest BCUT2D eigenvalue weighted by Crippen LogP contribution is -2.44. The molecule has 0 fully saturated rings. The molecule has 9 heteroatoms. The Bertz CT molecular complexity index is 1490. The van der Waals surface area contributed by atoms with Crippen molar-refractivity contribution in [1.29, 1.82) is 0 Å². The van der Waals surface area contributed by atoms with Crippen LogP contribution in [-0.4, -0.2) is 82.3 Å². The normalized spacial score (nSPS) is 12.8. The lowest BCUT2D eigenvalue weighted by atomic mass is 10.0. The van der Waals surface area contributed by atoms with Gasteiger partial charge >= 0.3 is 11.9 Å². The Morgan fingerprint density at radius 3 is 0.941 bits per heavy atom. The van der Waals surface area contributed by atoms with E-state index in [1.54, 1.807) is 0 Å². The van der Waals surface area contributed by atoms with Gasteiger partial charge in [-0.1, -0.05) is 326 Å². The van der Waals surface area contributed by atoms with Gasteiger partial charge in [0, 0.05) is 12.8 Å². The van der Waals surface area contributed by atoms with E-state index >= 15 is 0 Å². The van der Waals surface area contributed by atoms with Gasteiger partial charge in [0.15, 0.2) is 12.4 Å². The number of ether oxygens (including phenoxy) is 4. The Morgan fingerprint density at radius 2 is 0.635 bits per heavy atom. The molecule has 2 unspecified atom stereocenters. The molecule has 9 nitrogen and oxygen atoms in total. The predicted molar refractivity (Wildman–Crippen MR) is 362 cm³/mol. The summed E-state index contributed by atoms with van der Waals surface area (Å²) in [5, 5.41) is 11.8. The molecule has 0 aliphatic carbocycles. The van der Waals surface area contributed by atoms with Crippen LogP contribution in [0.3, 0.4) is 0 Å². The summed E-state index contributed by atoms with van der Waals surface area (Å²) in [6.07, 6.45) is 82.5. The molecule has 0 saturated carbocycles. The summed E-state index contributed by atoms with van der Waals surface area (Å²) in [6, 6.07) is 0. The number of unbranched alkanes of at least 4 members (excludes halogenated alkanes) is 49. The highest BCUT2D eigenvalue weighted by molar-refractivity contribution is 5.70. The number of hydrogen-bond acceptors (Lipinski definition) is 8. The minimum absolute atomic E-state index is 0.150. The number of allylic oxidation sites excluding steroid dienone is 6. The lowest BCUT2D eigenvalue weighted by molar-refractivity contribution is -0.870. The van der Waals surface area contributed by atoms with E-state index in [-0.39, 0.29) is 32.2 Å². The molecule has 0 saturated heterocycles. The van der Waals surface area contributed by atoms with Gasteiger partial charge in [-0.15, -0.1) is 0 Å². The first-order valence-electron chi connectivity index (χ1n) is 37.1. The Kier molecular flexibility index (Phi) is 65.5. The summed E-state index contributed by atoms with van der Waals surface area (Å²) >= 11 is 0. The minimum atomic E-state index is -1.62. The zero-order valence-corrected chi connectivity index (χ0v) is 57.3. The van der Waals surface area contributed by atoms with Crippen LogP contribution in [0.25, 0.3) is 0 Å². The smallest absolute Gasteiger partial charge is 0.306 e. The predicted octanol–water partition coefficient (Wildman–Crippen LogP) is 21.8. The van der Waals surface area contributed by atoms with Gasteiger partial charge in [0.05, 0.1) is 40.3 Å². The molecule has 0 aromatic heterocycles. The summed E-state index contributed by atoms with van der Waals surface area (Å²) < 4.78 is 22.8. The molecule has 0 spiro atoms. The van der Waals surface area contributed by atoms with Gasteiger partial charge in [-0.3, -0.25) is 9.59 Å². The molecule has 500 valence electrons. The largest absolute Gasteiger partial charge is 0.545 e. The van der Waals surface area contributed by atoms with Crippen LogP contribution in [0.5, 0.6) is 0 Å². The van der Waals surface area contributed by atoms with Gasteiger partial charge in [0.1, 0.15) is 13.2 Å². The maximum Gasteiger partial charge on any atom is 0.306 e. The second-order valence-corrected chi connectivity index (χ2v) is 26.6. The first kappa shape index (κ1) is 82.5. The van der Waals surface area contributed by atoms with E-state index in [4.69, 9.17) is 18.9 Å². The highest BCUT2D eigenvalue weighted by Crippen LogP contribution is 2.19. The van der Waals surface area contributed by atoms with E-state index in [0.717, 1.165) is 38.5 Å². The average molecular weight is 1200 g/mol. The number of quaternary nitrogens is 1. The van der Waals surface area contributed by atoms with Gasteiger partial charge in [0.2, 0.25) is 0 Å². The highest BCUT2D eigenvalue weighted by atomic mass is 16.7. The third kappa shape index (κ3) is 68.9. The van der Waals surface area contributed by atoms with Crippen LogP contribution in [0.1, 0.15) is 373 Å². The summed E-state index contributed by atoms with van der Waals surface area (Å²) in [5.74, 6) is -2.25. The fourth-order valence-corrected chi connectivity index (χ4v) is 11.2. The molecule has 0 radical (unpaired) electrons. The van der Waals surface area contributed by atoms with Crippen molar-refractivity contribution in [2.75, 3.05) is 47.5 Å². The maximum atomic E-state index is 12.9. The molecule has 0 aromatic carbocycles. The Labute approximate surface area is 528 Å². The van der Waals surface area contributed by atoms with Crippen molar-refractivity contribution in [3.8, 4) is 0 Å². The van der Waals surface area contributed by atoms with Crippen LogP contribution in [0.15, 0.2) is 36.5 Å². The molecule has 0 aliphatic heterocycles. The first-order chi connectivity index (χ1) is 41.6. The maximum absolute atomic E-state index is 12.9. The minimum Gasteiger partial charge on any atom is -0.545 e. The molecule has 0 bridgehead atoms. The third-order valence-corrected chi connectivity index (χ3v) is 16.9. The van der Waals surface area contributed by atoms with E-state index in [1.165, 1.54) is 302 Å². The molecule has 85 heavy (non-hydrogen) atoms. The molecular weight excluding hydrogens is 1050 g/mol. The second kappa shape index (κ2) is 67.4. The number of rotatable bonds is 70. The van der Waals surface area contributed by atoms with Crippen molar-refractivity contribution >= 4 is 17.9 Å². The molecule has 0 aromatic rings. The quantitative estimate of drug-likeness (QED) is 0.0195. The average Bonchev–Trinajstić information content (AvgIpc) is 3.48. The topological polar surface area (TPSA) is 111 Å². The zero-order valence-electron chi connectivity index (χ0n) is 57.3. The fourth-order valence-electron chi connectivity index (χ4n) is 11.2. The van der Waals surface area contributed by atoms with E-state index < -0.39 is 24.3 Å². The number of carbonyl (C=O) groups excluding carboxylic acids is 3. The van der Waals surface area contributed by atoms with Crippen LogP contribution in [0, 0.1) is 0 Å². The SMILES string of the molecule is CCCCCCC/C=C\C/C=C\CCCCCCCCCCCCCCCCCC(=O)OC(COC(=O)CCCCCCCCCCCCCCCCCCCCCCC/C=C\CCCCCCCCCC)COC(OCC[N+](C)(C)C)C(=O)[O-]. The summed E-state index contributed by atoms with van der Waals surface area (Å²) in [7, 11) is 5.95. The van der Waals surface area contributed by atoms with Crippen molar-refractivity contribution in [3.63, 3.8) is 0 Å². The van der Waals surface area contributed by atoms with Crippen molar-refractivity contribution in [3.05, 3.63) is 36.5 Å². The van der Waals surface area contributed by atoms with Crippen molar-refractivity contribution in [1.82, 2.24) is 0 Å². The molecule has 0 rings (SSSR count). The number of aliphatic carboxylic acids is 1. The van der Waals surface area contributed by atoms with Crippen LogP contribution < -0.4 is 5.11 Å². The Hall–Kier alpha value is -2.49. The van der Waals surface area contributed by atoms with Gasteiger partial charge in [-0.25, -0.2) is 0 Å². The van der Waals surface area contributed by atoms with Gasteiger partial charge in [-0.05, 0) is 70.6 Å². The van der Waals surface area contributed by atoms with Crippen molar-refractivity contribution < 1.29 is 42.9 Å². The van der Waals surface area contributed by atoms with E-state index in [9.17, 15) is 19.5 Å². The number of hydrogen-bond donors (Lipinski definition) is 0. The number of carboxylic acids is 1. The van der Waals surface area contributed by atoms with Crippen molar-refractivity contribution in [2.24, 2.45) is 0 Å². The van der Waals surface area contributed by atoms with Crippen LogP contribution >= 0.6 is 0 Å². The number of carbonyl (C=O) groups is 3. The van der Waals surface area contributed by atoms with Gasteiger partial charge in [0.25, 0.3) is 0 Å². The zero-order chi connectivity index (χ0) is 61.9. The van der Waals surface area contributed by atoms with E-state index in [2.05, 4.69) is 50.3 Å². The van der Waals surface area contributed by atoms with Gasteiger partial charge in [-0.2, -0.15) is 0 Å². The molecule has 2 atom stereocenters. The summed E-state index contributed by atoms with van der Waals surface area (Å²) in [6.45, 7) is 4.81. The first-order valence-corrected chi connectivity index (χ1v) is 37.1. The fraction of sp³-hybridized carbons (Fsp3) is 0.882. The summed E-state index contributed by atoms with van der Waals surface area (Å²) in [4.78, 5) is 37.5. The number of nitrogens with zero attached hydrogens (tertiary/aromatic N) is 1. The monoisotopic (exact) mass is 1200 g/mol. The lowest BCUT2D eigenvalue weighted by Gasteiger charge is -2.26. The third-order valence-electron chi connectivity index (χ3n) is 16.9.